The van der Waals surface area contributed by atoms with Crippen LogP contribution in [0.25, 0.3) is 10.3 Å². The second-order valence-electron chi connectivity index (χ2n) is 5.06. The number of carboxylic acids is 1. The van der Waals surface area contributed by atoms with Crippen LogP contribution in [0.4, 0.5) is 19.0 Å². The van der Waals surface area contributed by atoms with Crippen molar-refractivity contribution in [3.05, 3.63) is 30.1 Å². The maximum atomic E-state index is 10.6. The number of nitrogens with zero attached hydrogens (tertiary/aromatic N) is 5. The Balaban J connectivity index is 0.000000298. The topological polar surface area (TPSA) is 106 Å². The highest BCUT2D eigenvalue weighted by Crippen LogP contribution is 2.20. The summed E-state index contributed by atoms with van der Waals surface area (Å²) in [7, 11) is 0. The number of hydrogen-bond donors (Lipinski definition) is 2. The molecule has 12 heteroatoms. The molecule has 0 aromatic carbocycles. The Morgan fingerprint density at radius 1 is 1.31 bits per heavy atom. The van der Waals surface area contributed by atoms with Gasteiger partial charge in [0.2, 0.25) is 0 Å². The largest absolute Gasteiger partial charge is 0.490 e. The van der Waals surface area contributed by atoms with E-state index in [9.17, 15) is 13.2 Å². The second kappa shape index (κ2) is 8.56. The minimum absolute atomic E-state index is 0.813. The molecule has 3 heterocycles. The summed E-state index contributed by atoms with van der Waals surface area (Å²) in [4.78, 5) is 26.7. The first-order valence-corrected chi connectivity index (χ1v) is 8.22. The summed E-state index contributed by atoms with van der Waals surface area (Å²) in [5.74, 6) is -1.94. The highest BCUT2D eigenvalue weighted by molar-refractivity contribution is 7.16. The van der Waals surface area contributed by atoms with Gasteiger partial charge < -0.3 is 15.0 Å². The number of rotatable bonds is 5. The minimum atomic E-state index is -5.08. The average Bonchev–Trinajstić information content (AvgIpc) is 3.20. The lowest BCUT2D eigenvalue weighted by atomic mass is 10.4. The van der Waals surface area contributed by atoms with Crippen LogP contribution in [0.2, 0.25) is 0 Å². The maximum absolute atomic E-state index is 10.6. The van der Waals surface area contributed by atoms with Gasteiger partial charge >= 0.3 is 12.1 Å². The molecule has 140 valence electrons. The third-order valence-electron chi connectivity index (χ3n) is 3.03. The van der Waals surface area contributed by atoms with Gasteiger partial charge in [-0.25, -0.2) is 24.7 Å². The Bertz CT molecular complexity index is 864. The standard InChI is InChI=1S/C12H14N6S.C2HF3O2/c1-9-5-18(7-16-9)4-2-3-13-11-10-12(15-6-14-11)19-8-17-10;3-2(4,5)1(6)7/h5-8H,2-4H2,1H3,(H,13,14,15);(H,6,7). The number of imidazole rings is 1. The van der Waals surface area contributed by atoms with Crippen LogP contribution >= 0.6 is 11.3 Å². The molecule has 2 N–H and O–H groups in total. The number of fused-ring (bicyclic) bond motifs is 1. The second-order valence-corrected chi connectivity index (χ2v) is 5.90. The maximum Gasteiger partial charge on any atom is 0.490 e. The van der Waals surface area contributed by atoms with Gasteiger partial charge in [0.05, 0.1) is 17.5 Å². The quantitative estimate of drug-likeness (QED) is 0.647. The molecule has 0 spiro atoms. The lowest BCUT2D eigenvalue weighted by molar-refractivity contribution is -0.192. The first-order chi connectivity index (χ1) is 12.3. The molecule has 0 aliphatic rings. The van der Waals surface area contributed by atoms with Crippen molar-refractivity contribution in [2.24, 2.45) is 0 Å². The molecule has 0 atom stereocenters. The number of hydrogen-bond acceptors (Lipinski definition) is 7. The van der Waals surface area contributed by atoms with E-state index >= 15 is 0 Å². The van der Waals surface area contributed by atoms with Gasteiger partial charge in [-0.3, -0.25) is 0 Å². The van der Waals surface area contributed by atoms with Crippen molar-refractivity contribution in [1.29, 1.82) is 0 Å². The predicted molar refractivity (Wildman–Crippen MR) is 89.0 cm³/mol. The van der Waals surface area contributed by atoms with E-state index in [1.54, 1.807) is 11.8 Å². The van der Waals surface area contributed by atoms with Crippen LogP contribution in [-0.2, 0) is 11.3 Å². The molecule has 0 fully saturated rings. The number of thiazole rings is 1. The molecule has 3 rings (SSSR count). The lowest BCUT2D eigenvalue weighted by Crippen LogP contribution is -2.21. The van der Waals surface area contributed by atoms with Crippen molar-refractivity contribution < 1.29 is 23.1 Å². The molecular formula is C14H15F3N6O2S. The Morgan fingerprint density at radius 2 is 2.04 bits per heavy atom. The van der Waals surface area contributed by atoms with E-state index in [0.29, 0.717) is 0 Å². The van der Waals surface area contributed by atoms with Gasteiger partial charge in [-0.1, -0.05) is 0 Å². The number of aryl methyl sites for hydroxylation is 2. The summed E-state index contributed by atoms with van der Waals surface area (Å²) < 4.78 is 33.8. The monoisotopic (exact) mass is 388 g/mol. The van der Waals surface area contributed by atoms with Crippen LogP contribution in [0.5, 0.6) is 0 Å². The molecular weight excluding hydrogens is 373 g/mol. The van der Waals surface area contributed by atoms with Crippen LogP contribution in [-0.4, -0.2) is 48.3 Å². The Kier molecular flexibility index (Phi) is 6.44. The highest BCUT2D eigenvalue weighted by atomic mass is 32.1. The molecule has 0 saturated carbocycles. The van der Waals surface area contributed by atoms with E-state index in [2.05, 4.69) is 29.8 Å². The normalized spacial score (nSPS) is 11.1. The zero-order chi connectivity index (χ0) is 19.2. The number of aromatic nitrogens is 5. The van der Waals surface area contributed by atoms with Crippen molar-refractivity contribution in [2.75, 3.05) is 11.9 Å². The van der Waals surface area contributed by atoms with E-state index in [1.807, 2.05) is 19.4 Å². The third-order valence-corrected chi connectivity index (χ3v) is 3.76. The van der Waals surface area contributed by atoms with Crippen LogP contribution in [0.15, 0.2) is 24.4 Å². The summed E-state index contributed by atoms with van der Waals surface area (Å²) in [6, 6.07) is 0. The Hall–Kier alpha value is -2.76. The van der Waals surface area contributed by atoms with E-state index in [4.69, 9.17) is 9.90 Å². The summed E-state index contributed by atoms with van der Waals surface area (Å²) in [5, 5.41) is 10.4. The average molecular weight is 388 g/mol. The van der Waals surface area contributed by atoms with Crippen LogP contribution in [0, 0.1) is 6.92 Å². The van der Waals surface area contributed by atoms with Gasteiger partial charge in [-0.2, -0.15) is 13.2 Å². The van der Waals surface area contributed by atoms with E-state index in [0.717, 1.165) is 41.4 Å². The van der Waals surface area contributed by atoms with Crippen molar-refractivity contribution in [1.82, 2.24) is 24.5 Å². The van der Waals surface area contributed by atoms with Crippen molar-refractivity contribution in [3.8, 4) is 0 Å². The van der Waals surface area contributed by atoms with Crippen LogP contribution < -0.4 is 5.32 Å². The highest BCUT2D eigenvalue weighted by Gasteiger charge is 2.38. The lowest BCUT2D eigenvalue weighted by Gasteiger charge is -2.06. The molecule has 3 aromatic rings. The fourth-order valence-corrected chi connectivity index (χ4v) is 2.51. The molecule has 0 saturated heterocycles. The van der Waals surface area contributed by atoms with Crippen LogP contribution in [0.1, 0.15) is 12.1 Å². The fraction of sp³-hybridized carbons (Fsp3) is 0.357. The molecule has 0 radical (unpaired) electrons. The Labute approximate surface area is 149 Å². The molecule has 0 amide bonds. The van der Waals surface area contributed by atoms with E-state index < -0.39 is 12.1 Å². The summed E-state index contributed by atoms with van der Waals surface area (Å²) in [5.41, 5.74) is 3.69. The van der Waals surface area contributed by atoms with Gasteiger partial charge in [0.1, 0.15) is 16.7 Å². The molecule has 3 aromatic heterocycles. The molecule has 8 nitrogen and oxygen atoms in total. The van der Waals surface area contributed by atoms with Gasteiger partial charge in [0.15, 0.2) is 5.82 Å². The number of carbonyl (C=O) groups is 1. The fourth-order valence-electron chi connectivity index (χ4n) is 1.89. The number of nitrogens with one attached hydrogen (secondary N) is 1. The zero-order valence-corrected chi connectivity index (χ0v) is 14.4. The first-order valence-electron chi connectivity index (χ1n) is 7.34. The minimum Gasteiger partial charge on any atom is -0.475 e. The van der Waals surface area contributed by atoms with Crippen LogP contribution in [0.3, 0.4) is 0 Å². The molecule has 0 bridgehead atoms. The van der Waals surface area contributed by atoms with Crippen molar-refractivity contribution >= 4 is 33.5 Å². The number of carboxylic acid groups (broad SMARTS) is 1. The molecule has 0 aliphatic carbocycles. The first kappa shape index (κ1) is 19.6. The summed E-state index contributed by atoms with van der Waals surface area (Å²) in [6.07, 6.45) is 1.40. The van der Waals surface area contributed by atoms with E-state index in [1.165, 1.54) is 11.3 Å². The molecule has 26 heavy (non-hydrogen) atoms. The van der Waals surface area contributed by atoms with Crippen molar-refractivity contribution in [2.45, 2.75) is 26.1 Å². The number of anilines is 1. The summed E-state index contributed by atoms with van der Waals surface area (Å²) in [6.45, 7) is 3.79. The van der Waals surface area contributed by atoms with Gasteiger partial charge in [0.25, 0.3) is 0 Å². The Morgan fingerprint density at radius 3 is 2.65 bits per heavy atom. The van der Waals surface area contributed by atoms with Gasteiger partial charge in [-0.15, -0.1) is 11.3 Å². The van der Waals surface area contributed by atoms with Crippen molar-refractivity contribution in [3.63, 3.8) is 0 Å². The number of aliphatic carboxylic acids is 1. The zero-order valence-electron chi connectivity index (χ0n) is 13.6. The third kappa shape index (κ3) is 5.65. The summed E-state index contributed by atoms with van der Waals surface area (Å²) >= 11 is 1.53. The smallest absolute Gasteiger partial charge is 0.475 e. The SMILES string of the molecule is Cc1cn(CCCNc2ncnc3scnc23)cn1.O=C(O)C(F)(F)F. The number of halogens is 3. The molecule has 0 unspecified atom stereocenters. The number of alkyl halides is 3. The van der Waals surface area contributed by atoms with Gasteiger partial charge in [0, 0.05) is 19.3 Å². The predicted octanol–water partition coefficient (Wildman–Crippen LogP) is 2.73. The molecule has 0 aliphatic heterocycles. The van der Waals surface area contributed by atoms with E-state index in [-0.39, 0.29) is 0 Å². The van der Waals surface area contributed by atoms with Gasteiger partial charge in [-0.05, 0) is 13.3 Å².